The number of hydrogen-bond donors (Lipinski definition) is 1. The van der Waals surface area contributed by atoms with Gasteiger partial charge in [0.1, 0.15) is 5.82 Å². The van der Waals surface area contributed by atoms with Crippen LogP contribution in [0.15, 0.2) is 34.8 Å². The molecule has 0 aliphatic heterocycles. The van der Waals surface area contributed by atoms with Gasteiger partial charge in [0.05, 0.1) is 8.81 Å². The first-order chi connectivity index (χ1) is 9.51. The topological polar surface area (TPSA) is 29.3 Å². The van der Waals surface area contributed by atoms with Gasteiger partial charge < -0.3 is 5.73 Å². The molecule has 108 valence electrons. The number of nitrogens with zero attached hydrogens (tertiary/aromatic N) is 1. The van der Waals surface area contributed by atoms with Crippen LogP contribution < -0.4 is 5.73 Å². The first kappa shape index (κ1) is 15.9. The van der Waals surface area contributed by atoms with Crippen molar-refractivity contribution in [1.29, 1.82) is 0 Å². The van der Waals surface area contributed by atoms with Gasteiger partial charge in [0.15, 0.2) is 0 Å². The fraction of sp³-hybridized carbons (Fsp3) is 0.286. The van der Waals surface area contributed by atoms with E-state index in [4.69, 9.17) is 17.3 Å². The van der Waals surface area contributed by atoms with Gasteiger partial charge in [-0.25, -0.2) is 4.39 Å². The molecule has 0 amide bonds. The summed E-state index contributed by atoms with van der Waals surface area (Å²) in [4.78, 5) is 3.26. The van der Waals surface area contributed by atoms with Gasteiger partial charge in [-0.1, -0.05) is 17.7 Å². The second-order valence-corrected chi connectivity index (χ2v) is 7.20. The minimum Gasteiger partial charge on any atom is -0.329 e. The van der Waals surface area contributed by atoms with Gasteiger partial charge in [0.25, 0.3) is 0 Å². The third kappa shape index (κ3) is 3.80. The summed E-state index contributed by atoms with van der Waals surface area (Å²) in [6, 6.07) is 8.98. The van der Waals surface area contributed by atoms with Crippen LogP contribution >= 0.6 is 38.9 Å². The molecule has 2 aromatic rings. The Labute approximate surface area is 135 Å². The Kier molecular flexibility index (Phi) is 5.57. The molecule has 0 radical (unpaired) electrons. The zero-order valence-corrected chi connectivity index (χ0v) is 14.1. The zero-order valence-electron chi connectivity index (χ0n) is 10.9. The fourth-order valence-corrected chi connectivity index (χ4v) is 3.48. The Balaban J connectivity index is 2.16. The maximum Gasteiger partial charge on any atom is 0.137 e. The van der Waals surface area contributed by atoms with E-state index in [9.17, 15) is 4.39 Å². The summed E-state index contributed by atoms with van der Waals surface area (Å²) in [6.45, 7) is 1.16. The average Bonchev–Trinajstić information content (AvgIpc) is 2.80. The van der Waals surface area contributed by atoms with Crippen LogP contribution in [0, 0.1) is 5.82 Å². The highest BCUT2D eigenvalue weighted by Gasteiger charge is 2.17. The van der Waals surface area contributed by atoms with Gasteiger partial charge in [-0.05, 0) is 52.8 Å². The monoisotopic (exact) mass is 376 g/mol. The fourth-order valence-electron chi connectivity index (χ4n) is 2.08. The number of likely N-dealkylation sites (N-methyl/N-ethyl adjacent to an activating group) is 1. The first-order valence-electron chi connectivity index (χ1n) is 6.10. The molecule has 1 atom stereocenters. The number of benzene rings is 1. The summed E-state index contributed by atoms with van der Waals surface area (Å²) in [5, 5.41) is 0. The van der Waals surface area contributed by atoms with Crippen LogP contribution in [0.1, 0.15) is 16.5 Å². The first-order valence-corrected chi connectivity index (χ1v) is 8.09. The lowest BCUT2D eigenvalue weighted by Gasteiger charge is -2.27. The Morgan fingerprint density at radius 3 is 2.70 bits per heavy atom. The number of thiophene rings is 1. The molecule has 20 heavy (non-hydrogen) atoms. The molecule has 0 bridgehead atoms. The van der Waals surface area contributed by atoms with Crippen LogP contribution in [0.4, 0.5) is 4.39 Å². The molecule has 2 nitrogen and oxygen atoms in total. The van der Waals surface area contributed by atoms with E-state index in [1.807, 2.05) is 25.2 Å². The SMILES string of the molecule is CN(Cc1ccc(Cl)s1)C(CN)c1ccc(Br)c(F)c1. The quantitative estimate of drug-likeness (QED) is 0.835. The number of nitrogens with two attached hydrogens (primary N) is 1. The number of halogens is 3. The molecule has 1 heterocycles. The Bertz CT molecular complexity index is 590. The van der Waals surface area contributed by atoms with Crippen molar-refractivity contribution in [3.8, 4) is 0 Å². The van der Waals surface area contributed by atoms with Crippen molar-refractivity contribution in [2.45, 2.75) is 12.6 Å². The molecule has 0 saturated heterocycles. The number of hydrogen-bond acceptors (Lipinski definition) is 3. The van der Waals surface area contributed by atoms with Gasteiger partial charge in [0.2, 0.25) is 0 Å². The van der Waals surface area contributed by atoms with Crippen LogP contribution in [-0.4, -0.2) is 18.5 Å². The minimum atomic E-state index is -0.270. The Morgan fingerprint density at radius 1 is 1.40 bits per heavy atom. The number of rotatable bonds is 5. The lowest BCUT2D eigenvalue weighted by Crippen LogP contribution is -2.30. The summed E-state index contributed by atoms with van der Waals surface area (Å²) < 4.78 is 14.9. The van der Waals surface area contributed by atoms with E-state index < -0.39 is 0 Å². The van der Waals surface area contributed by atoms with E-state index in [-0.39, 0.29) is 11.9 Å². The van der Waals surface area contributed by atoms with E-state index >= 15 is 0 Å². The summed E-state index contributed by atoms with van der Waals surface area (Å²) >= 11 is 10.6. The molecule has 1 unspecified atom stereocenters. The Morgan fingerprint density at radius 2 is 2.15 bits per heavy atom. The van der Waals surface area contributed by atoms with Gasteiger partial charge >= 0.3 is 0 Å². The zero-order chi connectivity index (χ0) is 14.7. The van der Waals surface area contributed by atoms with E-state index in [1.165, 1.54) is 6.07 Å². The average molecular weight is 378 g/mol. The summed E-state index contributed by atoms with van der Waals surface area (Å²) in [5.74, 6) is -0.270. The molecule has 0 saturated carbocycles. The molecule has 0 fully saturated rings. The van der Waals surface area contributed by atoms with Gasteiger partial charge in [-0.3, -0.25) is 4.90 Å². The van der Waals surface area contributed by atoms with Crippen LogP contribution in [0.5, 0.6) is 0 Å². The van der Waals surface area contributed by atoms with Gasteiger partial charge in [0, 0.05) is 24.0 Å². The standard InChI is InChI=1S/C14H15BrClFN2S/c1-19(8-10-3-5-14(16)20-10)13(7-18)9-2-4-11(15)12(17)6-9/h2-6,13H,7-8,18H2,1H3. The highest BCUT2D eigenvalue weighted by atomic mass is 79.9. The van der Waals surface area contributed by atoms with Crippen molar-refractivity contribution in [1.82, 2.24) is 4.90 Å². The minimum absolute atomic E-state index is 0.0292. The predicted molar refractivity (Wildman–Crippen MR) is 86.7 cm³/mol. The van der Waals surface area contributed by atoms with Crippen molar-refractivity contribution < 1.29 is 4.39 Å². The molecule has 6 heteroatoms. The summed E-state index contributed by atoms with van der Waals surface area (Å²) in [7, 11) is 1.98. The third-order valence-electron chi connectivity index (χ3n) is 3.12. The molecular formula is C14H15BrClFN2S. The highest BCUT2D eigenvalue weighted by Crippen LogP contribution is 2.27. The van der Waals surface area contributed by atoms with E-state index in [1.54, 1.807) is 17.4 Å². The van der Waals surface area contributed by atoms with Crippen LogP contribution in [0.3, 0.4) is 0 Å². The molecule has 0 spiro atoms. The molecule has 0 aliphatic carbocycles. The molecule has 2 rings (SSSR count). The third-order valence-corrected chi connectivity index (χ3v) is 4.98. The maximum absolute atomic E-state index is 13.6. The van der Waals surface area contributed by atoms with E-state index in [0.29, 0.717) is 11.0 Å². The predicted octanol–water partition coefficient (Wildman–Crippen LogP) is 4.43. The lowest BCUT2D eigenvalue weighted by molar-refractivity contribution is 0.243. The molecular weight excluding hydrogens is 363 g/mol. The van der Waals surface area contributed by atoms with Crippen LogP contribution in [0.2, 0.25) is 4.34 Å². The summed E-state index contributed by atoms with van der Waals surface area (Å²) in [6.07, 6.45) is 0. The van der Waals surface area contributed by atoms with Crippen LogP contribution in [-0.2, 0) is 6.54 Å². The van der Waals surface area contributed by atoms with Crippen molar-refractivity contribution in [3.05, 3.63) is 55.4 Å². The molecule has 2 N–H and O–H groups in total. The normalized spacial score (nSPS) is 12.9. The second-order valence-electron chi connectivity index (χ2n) is 4.55. The van der Waals surface area contributed by atoms with Gasteiger partial charge in [-0.15, -0.1) is 11.3 Å². The Hall–Kier alpha value is -0.460. The van der Waals surface area contributed by atoms with Crippen molar-refractivity contribution >= 4 is 38.9 Å². The smallest absolute Gasteiger partial charge is 0.137 e. The van der Waals surface area contributed by atoms with Gasteiger partial charge in [-0.2, -0.15) is 0 Å². The van der Waals surface area contributed by atoms with Crippen molar-refractivity contribution in [2.75, 3.05) is 13.6 Å². The van der Waals surface area contributed by atoms with Crippen molar-refractivity contribution in [3.63, 3.8) is 0 Å². The second kappa shape index (κ2) is 7.00. The summed E-state index contributed by atoms with van der Waals surface area (Å²) in [5.41, 5.74) is 6.73. The highest BCUT2D eigenvalue weighted by molar-refractivity contribution is 9.10. The maximum atomic E-state index is 13.6. The van der Waals surface area contributed by atoms with Crippen LogP contribution in [0.25, 0.3) is 0 Å². The largest absolute Gasteiger partial charge is 0.329 e. The molecule has 1 aromatic carbocycles. The molecule has 1 aromatic heterocycles. The van der Waals surface area contributed by atoms with E-state index in [2.05, 4.69) is 20.8 Å². The molecule has 0 aliphatic rings. The van der Waals surface area contributed by atoms with Crippen molar-refractivity contribution in [2.24, 2.45) is 5.73 Å². The lowest BCUT2D eigenvalue weighted by atomic mass is 10.1. The van der Waals surface area contributed by atoms with E-state index in [0.717, 1.165) is 21.3 Å².